The zero-order valence-electron chi connectivity index (χ0n) is 24.2. The zero-order valence-corrected chi connectivity index (χ0v) is 25.0. The van der Waals surface area contributed by atoms with Gasteiger partial charge in [0.1, 0.15) is 11.5 Å². The molecule has 0 bridgehead atoms. The van der Waals surface area contributed by atoms with Gasteiger partial charge in [0.25, 0.3) is 0 Å². The maximum Gasteiger partial charge on any atom is 0.233 e. The average Bonchev–Trinajstić information content (AvgIpc) is 3.47. The molecule has 0 spiro atoms. The number of Topliss-reactive ketones (excluding diaryl/α,β-unsaturated/α-hetero) is 1. The Balaban J connectivity index is 1.19. The van der Waals surface area contributed by atoms with E-state index in [9.17, 15) is 13.2 Å². The summed E-state index contributed by atoms with van der Waals surface area (Å²) in [5.41, 5.74) is 9.03. The second kappa shape index (κ2) is 11.7. The molecule has 4 aromatic rings. The van der Waals surface area contributed by atoms with Gasteiger partial charge in [-0.15, -0.1) is 0 Å². The molecule has 0 aliphatic carbocycles. The second-order valence-corrected chi connectivity index (χ2v) is 12.9. The van der Waals surface area contributed by atoms with Crippen LogP contribution < -0.4 is 14.9 Å². The van der Waals surface area contributed by atoms with Crippen LogP contribution in [0.5, 0.6) is 11.5 Å². The summed E-state index contributed by atoms with van der Waals surface area (Å²) in [5, 5.41) is 1.82. The topological polar surface area (TPSA) is 88.2 Å². The fraction of sp³-hybridized carbons (Fsp3) is 0.206. The number of carbonyl (C=O) groups is 1. The first-order chi connectivity index (χ1) is 20.7. The highest BCUT2D eigenvalue weighted by Crippen LogP contribution is 2.42. The van der Waals surface area contributed by atoms with Crippen LogP contribution in [0.1, 0.15) is 38.7 Å². The largest absolute Gasteiger partial charge is 0.497 e. The smallest absolute Gasteiger partial charge is 0.233 e. The number of hydrogen-bond donors (Lipinski definition) is 1. The number of hydrogen-bond acceptors (Lipinski definition) is 8. The van der Waals surface area contributed by atoms with Crippen LogP contribution in [-0.2, 0) is 22.9 Å². The molecule has 2 unspecified atom stereocenters. The Kier molecular flexibility index (Phi) is 7.79. The summed E-state index contributed by atoms with van der Waals surface area (Å²) in [6.45, 7) is 1.62. The molecule has 6 rings (SSSR count). The van der Waals surface area contributed by atoms with Crippen LogP contribution >= 0.6 is 0 Å². The summed E-state index contributed by atoms with van der Waals surface area (Å²) in [6.07, 6.45) is 2.31. The van der Waals surface area contributed by atoms with Crippen molar-refractivity contribution in [1.82, 2.24) is 15.3 Å². The molecule has 2 atom stereocenters. The fourth-order valence-corrected chi connectivity index (χ4v) is 6.12. The molecule has 0 amide bonds. The standard InChI is InChI=1S/C34H33N3O5S/c1-36(22-24-10-16-27(41-2)17-11-24)21-23-8-12-25(13-9-23)30-20-31-29-6-4-5-7-32(29)42-34(37(31)35-30)33(38)26-14-18-28(19-15-26)43(3,39)40/h4-20,31,34-35H,21-22H2,1-3H3. The minimum Gasteiger partial charge on any atom is -0.497 e. The third-order valence-electron chi connectivity index (χ3n) is 7.72. The van der Waals surface area contributed by atoms with Crippen molar-refractivity contribution in [3.8, 4) is 11.5 Å². The van der Waals surface area contributed by atoms with Gasteiger partial charge in [-0.2, -0.15) is 5.01 Å². The van der Waals surface area contributed by atoms with E-state index in [2.05, 4.69) is 59.8 Å². The Bertz CT molecular complexity index is 1770. The van der Waals surface area contributed by atoms with Gasteiger partial charge < -0.3 is 14.9 Å². The number of hydrazine groups is 1. The van der Waals surface area contributed by atoms with Crippen LogP contribution in [0.3, 0.4) is 0 Å². The van der Waals surface area contributed by atoms with E-state index >= 15 is 0 Å². The molecule has 2 aliphatic heterocycles. The van der Waals surface area contributed by atoms with E-state index in [1.807, 2.05) is 41.4 Å². The van der Waals surface area contributed by atoms with Gasteiger partial charge in [0, 0.05) is 30.5 Å². The first-order valence-corrected chi connectivity index (χ1v) is 15.9. The van der Waals surface area contributed by atoms with Gasteiger partial charge in [0.15, 0.2) is 9.84 Å². The van der Waals surface area contributed by atoms with E-state index in [4.69, 9.17) is 9.47 Å². The Morgan fingerprint density at radius 3 is 2.16 bits per heavy atom. The van der Waals surface area contributed by atoms with E-state index < -0.39 is 16.1 Å². The van der Waals surface area contributed by atoms with Crippen LogP contribution in [0.15, 0.2) is 108 Å². The lowest BCUT2D eigenvalue weighted by Crippen LogP contribution is -2.52. The lowest BCUT2D eigenvalue weighted by atomic mass is 10.00. The van der Waals surface area contributed by atoms with Crippen LogP contribution in [-0.4, -0.2) is 50.8 Å². The Labute approximate surface area is 252 Å². The number of nitrogens with one attached hydrogen (secondary N) is 1. The maximum atomic E-state index is 13.7. The molecule has 220 valence electrons. The summed E-state index contributed by atoms with van der Waals surface area (Å²) in [6, 6.07) is 30.0. The second-order valence-electron chi connectivity index (χ2n) is 10.9. The zero-order chi connectivity index (χ0) is 30.1. The minimum atomic E-state index is -3.37. The van der Waals surface area contributed by atoms with E-state index in [0.29, 0.717) is 11.3 Å². The lowest BCUT2D eigenvalue weighted by molar-refractivity contribution is -0.0151. The van der Waals surface area contributed by atoms with Gasteiger partial charge in [0.2, 0.25) is 12.0 Å². The third kappa shape index (κ3) is 6.06. The Morgan fingerprint density at radius 2 is 1.53 bits per heavy atom. The van der Waals surface area contributed by atoms with Crippen LogP contribution in [0, 0.1) is 0 Å². The third-order valence-corrected chi connectivity index (χ3v) is 8.85. The van der Waals surface area contributed by atoms with E-state index in [-0.39, 0.29) is 16.7 Å². The van der Waals surface area contributed by atoms with Crippen LogP contribution in [0.4, 0.5) is 0 Å². The van der Waals surface area contributed by atoms with E-state index in [1.54, 1.807) is 7.11 Å². The summed E-state index contributed by atoms with van der Waals surface area (Å²) in [4.78, 5) is 16.1. The van der Waals surface area contributed by atoms with Crippen LogP contribution in [0.2, 0.25) is 0 Å². The number of para-hydroxylation sites is 1. The predicted molar refractivity (Wildman–Crippen MR) is 165 cm³/mol. The number of ketones is 1. The summed E-state index contributed by atoms with van der Waals surface area (Å²) < 4.78 is 35.3. The fourth-order valence-electron chi connectivity index (χ4n) is 5.49. The molecule has 4 aromatic carbocycles. The number of rotatable bonds is 9. The van der Waals surface area contributed by atoms with Gasteiger partial charge in [-0.3, -0.25) is 9.69 Å². The van der Waals surface area contributed by atoms with Crippen molar-refractivity contribution in [2.24, 2.45) is 0 Å². The quantitative estimate of drug-likeness (QED) is 0.263. The van der Waals surface area contributed by atoms with Gasteiger partial charge >= 0.3 is 0 Å². The number of sulfone groups is 1. The van der Waals surface area contributed by atoms with E-state index in [0.717, 1.165) is 41.9 Å². The lowest BCUT2D eigenvalue weighted by Gasteiger charge is -2.37. The van der Waals surface area contributed by atoms with E-state index in [1.165, 1.54) is 35.4 Å². The average molecular weight is 596 g/mol. The number of ether oxygens (including phenoxy) is 2. The molecule has 2 heterocycles. The molecule has 1 N–H and O–H groups in total. The predicted octanol–water partition coefficient (Wildman–Crippen LogP) is 5.23. The van der Waals surface area contributed by atoms with Crippen molar-refractivity contribution in [3.05, 3.63) is 131 Å². The van der Waals surface area contributed by atoms with Crippen molar-refractivity contribution in [1.29, 1.82) is 0 Å². The number of carbonyl (C=O) groups excluding carboxylic acids is 1. The highest BCUT2D eigenvalue weighted by atomic mass is 32.2. The first-order valence-electron chi connectivity index (χ1n) is 14.0. The van der Waals surface area contributed by atoms with Gasteiger partial charge in [0.05, 0.1) is 23.7 Å². The molecule has 0 radical (unpaired) electrons. The normalized spacial score (nSPS) is 17.8. The van der Waals surface area contributed by atoms with Crippen molar-refractivity contribution in [2.75, 3.05) is 20.4 Å². The molecule has 8 nitrogen and oxygen atoms in total. The molecule has 43 heavy (non-hydrogen) atoms. The van der Waals surface area contributed by atoms with Crippen molar-refractivity contribution in [3.63, 3.8) is 0 Å². The SMILES string of the molecule is COc1ccc(CN(C)Cc2ccc(C3=CC4c5ccccc5OC(C(=O)c5ccc(S(C)(=O)=O)cc5)N4N3)cc2)cc1. The molecular weight excluding hydrogens is 562 g/mol. The monoisotopic (exact) mass is 595 g/mol. The highest BCUT2D eigenvalue weighted by molar-refractivity contribution is 7.90. The summed E-state index contributed by atoms with van der Waals surface area (Å²) >= 11 is 0. The molecule has 0 saturated heterocycles. The summed E-state index contributed by atoms with van der Waals surface area (Å²) in [5.74, 6) is 1.23. The van der Waals surface area contributed by atoms with Gasteiger partial charge in [-0.1, -0.05) is 54.6 Å². The Morgan fingerprint density at radius 1 is 0.907 bits per heavy atom. The van der Waals surface area contributed by atoms with Gasteiger partial charge in [-0.05, 0) is 72.3 Å². The molecule has 2 aliphatic rings. The molecule has 0 saturated carbocycles. The Hall–Kier alpha value is -4.44. The van der Waals surface area contributed by atoms with Gasteiger partial charge in [-0.25, -0.2) is 8.42 Å². The maximum absolute atomic E-state index is 13.7. The molecule has 9 heteroatoms. The molecule has 0 fully saturated rings. The van der Waals surface area contributed by atoms with Crippen molar-refractivity contribution in [2.45, 2.75) is 30.3 Å². The highest BCUT2D eigenvalue weighted by Gasteiger charge is 2.43. The number of benzene rings is 4. The van der Waals surface area contributed by atoms with Crippen LogP contribution in [0.25, 0.3) is 5.70 Å². The van der Waals surface area contributed by atoms with Crippen molar-refractivity contribution >= 4 is 21.3 Å². The number of fused-ring (bicyclic) bond motifs is 3. The number of methoxy groups -OCH3 is 1. The minimum absolute atomic E-state index is 0.162. The molecule has 0 aromatic heterocycles. The number of nitrogens with zero attached hydrogens (tertiary/aromatic N) is 2. The van der Waals surface area contributed by atoms with Crippen molar-refractivity contribution < 1.29 is 22.7 Å². The summed E-state index contributed by atoms with van der Waals surface area (Å²) in [7, 11) is 0.396. The first kappa shape index (κ1) is 28.7. The molecular formula is C34H33N3O5S.